The largest absolute Gasteiger partial charge is 0.457 e. The first-order valence-electron chi connectivity index (χ1n) is 7.61. The summed E-state index contributed by atoms with van der Waals surface area (Å²) in [6.07, 6.45) is 1.54. The predicted octanol–water partition coefficient (Wildman–Crippen LogP) is 3.71. The molecule has 24 heavy (non-hydrogen) atoms. The van der Waals surface area contributed by atoms with Crippen molar-refractivity contribution in [1.29, 1.82) is 5.26 Å². The summed E-state index contributed by atoms with van der Waals surface area (Å²) in [4.78, 5) is 14.1. The fourth-order valence-electron chi connectivity index (χ4n) is 2.20. The average Bonchev–Trinajstić information content (AvgIpc) is 2.58. The van der Waals surface area contributed by atoms with Gasteiger partial charge < -0.3 is 9.64 Å². The Hall–Kier alpha value is -3.06. The summed E-state index contributed by atoms with van der Waals surface area (Å²) in [6, 6.07) is 17.2. The van der Waals surface area contributed by atoms with Gasteiger partial charge in [0.15, 0.2) is 0 Å². The topological polar surface area (TPSA) is 53.3 Å². The number of hydrogen-bond acceptors (Lipinski definition) is 4. The van der Waals surface area contributed by atoms with Gasteiger partial charge in [0.2, 0.25) is 0 Å². The minimum absolute atomic E-state index is 0.0137. The van der Waals surface area contributed by atoms with Gasteiger partial charge in [-0.2, -0.15) is 5.26 Å². The Balaban J connectivity index is 2.06. The number of aryl methyl sites for hydroxylation is 1. The molecule has 4 nitrogen and oxygen atoms in total. The molecule has 0 bridgehead atoms. The third kappa shape index (κ3) is 4.72. The van der Waals surface area contributed by atoms with Crippen molar-refractivity contribution in [3.05, 3.63) is 70.8 Å². The lowest BCUT2D eigenvalue weighted by Gasteiger charge is -2.11. The SMILES string of the molecule is Cc1cccc(COC(=O)/C(C#N)=C/c2ccc(N(C)C)cc2)c1. The van der Waals surface area contributed by atoms with Crippen molar-refractivity contribution in [3.63, 3.8) is 0 Å². The Morgan fingerprint density at radius 1 is 1.21 bits per heavy atom. The van der Waals surface area contributed by atoms with Crippen molar-refractivity contribution in [3.8, 4) is 6.07 Å². The molecule has 0 amide bonds. The van der Waals surface area contributed by atoms with Crippen LogP contribution in [0.25, 0.3) is 6.08 Å². The molecule has 0 aromatic heterocycles. The zero-order valence-electron chi connectivity index (χ0n) is 14.1. The fourth-order valence-corrected chi connectivity index (χ4v) is 2.20. The molecule has 0 atom stereocenters. The molecule has 0 N–H and O–H groups in total. The number of benzene rings is 2. The minimum atomic E-state index is -0.615. The van der Waals surface area contributed by atoms with E-state index >= 15 is 0 Å². The van der Waals surface area contributed by atoms with Crippen LogP contribution < -0.4 is 4.90 Å². The normalized spacial score (nSPS) is 10.8. The van der Waals surface area contributed by atoms with Crippen molar-refractivity contribution in [2.24, 2.45) is 0 Å². The summed E-state index contributed by atoms with van der Waals surface area (Å²) in [5, 5.41) is 9.21. The van der Waals surface area contributed by atoms with E-state index in [1.54, 1.807) is 0 Å². The average molecular weight is 320 g/mol. The Kier molecular flexibility index (Phi) is 5.75. The number of esters is 1. The summed E-state index contributed by atoms with van der Waals surface area (Å²) < 4.78 is 5.23. The molecule has 0 saturated heterocycles. The second-order valence-corrected chi connectivity index (χ2v) is 5.72. The standard InChI is InChI=1S/C20H20N2O2/c1-15-5-4-6-17(11-15)14-24-20(23)18(13-21)12-16-7-9-19(10-8-16)22(2)3/h4-12H,14H2,1-3H3/b18-12+. The van der Waals surface area contributed by atoms with E-state index in [1.165, 1.54) is 6.08 Å². The highest BCUT2D eigenvalue weighted by Crippen LogP contribution is 2.15. The molecule has 122 valence electrons. The van der Waals surface area contributed by atoms with Gasteiger partial charge in [0.25, 0.3) is 0 Å². The zero-order valence-corrected chi connectivity index (χ0v) is 14.1. The van der Waals surface area contributed by atoms with Crippen LogP contribution in [0.15, 0.2) is 54.1 Å². The molecule has 0 aliphatic heterocycles. The molecule has 4 heteroatoms. The van der Waals surface area contributed by atoms with E-state index in [4.69, 9.17) is 4.74 Å². The highest BCUT2D eigenvalue weighted by molar-refractivity contribution is 5.97. The first kappa shape index (κ1) is 17.3. The Morgan fingerprint density at radius 3 is 2.50 bits per heavy atom. The summed E-state index contributed by atoms with van der Waals surface area (Å²) in [7, 11) is 3.91. The minimum Gasteiger partial charge on any atom is -0.457 e. The smallest absolute Gasteiger partial charge is 0.349 e. The number of rotatable bonds is 5. The number of nitrogens with zero attached hydrogens (tertiary/aromatic N) is 2. The van der Waals surface area contributed by atoms with Crippen LogP contribution in [-0.2, 0) is 16.1 Å². The molecular weight excluding hydrogens is 300 g/mol. The summed E-state index contributed by atoms with van der Waals surface area (Å²) in [5.41, 5.74) is 3.81. The number of anilines is 1. The monoisotopic (exact) mass is 320 g/mol. The molecule has 0 saturated carbocycles. The first-order chi connectivity index (χ1) is 11.5. The molecule has 0 unspecified atom stereocenters. The van der Waals surface area contributed by atoms with Crippen molar-refractivity contribution in [1.82, 2.24) is 0 Å². The van der Waals surface area contributed by atoms with E-state index in [1.807, 2.05) is 80.5 Å². The molecule has 2 aromatic carbocycles. The van der Waals surface area contributed by atoms with Gasteiger partial charge in [0, 0.05) is 19.8 Å². The second kappa shape index (κ2) is 7.98. The van der Waals surface area contributed by atoms with Crippen LogP contribution in [-0.4, -0.2) is 20.1 Å². The van der Waals surface area contributed by atoms with E-state index in [-0.39, 0.29) is 12.2 Å². The van der Waals surface area contributed by atoms with Crippen LogP contribution >= 0.6 is 0 Å². The van der Waals surface area contributed by atoms with Crippen molar-refractivity contribution in [2.45, 2.75) is 13.5 Å². The first-order valence-corrected chi connectivity index (χ1v) is 7.61. The molecule has 0 radical (unpaired) electrons. The maximum atomic E-state index is 12.1. The van der Waals surface area contributed by atoms with Crippen molar-refractivity contribution in [2.75, 3.05) is 19.0 Å². The number of ether oxygens (including phenoxy) is 1. The molecule has 0 aliphatic carbocycles. The van der Waals surface area contributed by atoms with Crippen LogP contribution in [0.2, 0.25) is 0 Å². The van der Waals surface area contributed by atoms with Crippen LogP contribution in [0.3, 0.4) is 0 Å². The van der Waals surface area contributed by atoms with Gasteiger partial charge in [0.1, 0.15) is 18.2 Å². The summed E-state index contributed by atoms with van der Waals surface area (Å²) >= 11 is 0. The third-order valence-corrected chi connectivity index (χ3v) is 3.51. The summed E-state index contributed by atoms with van der Waals surface area (Å²) in [6.45, 7) is 2.13. The van der Waals surface area contributed by atoms with Gasteiger partial charge in [-0.1, -0.05) is 42.0 Å². The van der Waals surface area contributed by atoms with E-state index in [0.717, 1.165) is 22.4 Å². The van der Waals surface area contributed by atoms with Gasteiger partial charge in [-0.05, 0) is 36.3 Å². The number of nitriles is 1. The Bertz CT molecular complexity index is 784. The van der Waals surface area contributed by atoms with Gasteiger partial charge in [-0.15, -0.1) is 0 Å². The molecule has 2 aromatic rings. The quantitative estimate of drug-likeness (QED) is 0.479. The Morgan fingerprint density at radius 2 is 1.92 bits per heavy atom. The van der Waals surface area contributed by atoms with Crippen molar-refractivity contribution < 1.29 is 9.53 Å². The molecule has 0 aliphatic rings. The molecule has 0 fully saturated rings. The van der Waals surface area contributed by atoms with Crippen LogP contribution in [0.4, 0.5) is 5.69 Å². The van der Waals surface area contributed by atoms with Gasteiger partial charge in [-0.3, -0.25) is 0 Å². The van der Waals surface area contributed by atoms with Crippen LogP contribution in [0, 0.1) is 18.3 Å². The highest BCUT2D eigenvalue weighted by atomic mass is 16.5. The molecule has 0 spiro atoms. The van der Waals surface area contributed by atoms with E-state index in [0.29, 0.717) is 0 Å². The maximum absolute atomic E-state index is 12.1. The predicted molar refractivity (Wildman–Crippen MR) is 95.3 cm³/mol. The van der Waals surface area contributed by atoms with Crippen molar-refractivity contribution >= 4 is 17.7 Å². The summed E-state index contributed by atoms with van der Waals surface area (Å²) in [5.74, 6) is -0.615. The number of carbonyl (C=O) groups is 1. The van der Waals surface area contributed by atoms with Gasteiger partial charge in [-0.25, -0.2) is 4.79 Å². The number of hydrogen-bond donors (Lipinski definition) is 0. The van der Waals surface area contributed by atoms with Gasteiger partial charge >= 0.3 is 5.97 Å². The lowest BCUT2D eigenvalue weighted by molar-refractivity contribution is -0.139. The second-order valence-electron chi connectivity index (χ2n) is 5.72. The van der Waals surface area contributed by atoms with Crippen LogP contribution in [0.1, 0.15) is 16.7 Å². The highest BCUT2D eigenvalue weighted by Gasteiger charge is 2.11. The lowest BCUT2D eigenvalue weighted by atomic mass is 10.1. The zero-order chi connectivity index (χ0) is 17.5. The van der Waals surface area contributed by atoms with Crippen LogP contribution in [0.5, 0.6) is 0 Å². The third-order valence-electron chi connectivity index (χ3n) is 3.51. The molecule has 0 heterocycles. The molecular formula is C20H20N2O2. The molecule has 2 rings (SSSR count). The van der Waals surface area contributed by atoms with E-state index in [9.17, 15) is 10.1 Å². The maximum Gasteiger partial charge on any atom is 0.349 e. The van der Waals surface area contributed by atoms with E-state index < -0.39 is 5.97 Å². The van der Waals surface area contributed by atoms with Gasteiger partial charge in [0.05, 0.1) is 0 Å². The van der Waals surface area contributed by atoms with E-state index in [2.05, 4.69) is 0 Å². The number of carbonyl (C=O) groups excluding carboxylic acids is 1. The Labute approximate surface area is 142 Å². The lowest BCUT2D eigenvalue weighted by Crippen LogP contribution is -2.08. The fraction of sp³-hybridized carbons (Fsp3) is 0.200.